The number of hydrogen-bond acceptors (Lipinski definition) is 5. The maximum absolute atomic E-state index is 11.9. The number of ether oxygens (including phenoxy) is 1. The summed E-state index contributed by atoms with van der Waals surface area (Å²) < 4.78 is 4.96. The van der Waals surface area contributed by atoms with Crippen molar-refractivity contribution < 1.29 is 19.1 Å². The lowest BCUT2D eigenvalue weighted by atomic mass is 9.78. The molecule has 124 valence electrons. The molecule has 0 aromatic heterocycles. The molecule has 3 atom stereocenters. The predicted molar refractivity (Wildman–Crippen MR) is 84.5 cm³/mol. The standard InChI is InChI=1S/C15H24N2O4S/c1-10-4-3-5-12(11(10)2)16-13(18)9-21-14(19)8-17-6-7-22-15(17)20/h10-12H,3-9H2,1-2H3,(H,16,18)/t10-,11+,12+/m0/s1. The van der Waals surface area contributed by atoms with Crippen molar-refractivity contribution in [3.05, 3.63) is 0 Å². The quantitative estimate of drug-likeness (QED) is 0.777. The molecular formula is C15H24N2O4S. The van der Waals surface area contributed by atoms with Gasteiger partial charge in [0.25, 0.3) is 11.1 Å². The summed E-state index contributed by atoms with van der Waals surface area (Å²) in [4.78, 5) is 36.4. The highest BCUT2D eigenvalue weighted by molar-refractivity contribution is 8.13. The van der Waals surface area contributed by atoms with Crippen LogP contribution in [0.5, 0.6) is 0 Å². The van der Waals surface area contributed by atoms with Gasteiger partial charge < -0.3 is 15.0 Å². The van der Waals surface area contributed by atoms with E-state index in [0.29, 0.717) is 24.1 Å². The van der Waals surface area contributed by atoms with Crippen molar-refractivity contribution >= 4 is 28.9 Å². The van der Waals surface area contributed by atoms with Gasteiger partial charge in [-0.05, 0) is 18.3 Å². The lowest BCUT2D eigenvalue weighted by Crippen LogP contribution is -2.45. The van der Waals surface area contributed by atoms with E-state index in [9.17, 15) is 14.4 Å². The zero-order chi connectivity index (χ0) is 16.1. The first-order chi connectivity index (χ1) is 10.5. The monoisotopic (exact) mass is 328 g/mol. The molecule has 7 heteroatoms. The molecule has 0 bridgehead atoms. The zero-order valence-corrected chi connectivity index (χ0v) is 14.0. The van der Waals surface area contributed by atoms with Crippen LogP contribution in [0.3, 0.4) is 0 Å². The molecule has 0 aromatic carbocycles. The molecule has 1 saturated heterocycles. The maximum Gasteiger partial charge on any atom is 0.326 e. The zero-order valence-electron chi connectivity index (χ0n) is 13.2. The molecule has 2 aliphatic rings. The number of thioether (sulfide) groups is 1. The van der Waals surface area contributed by atoms with Crippen LogP contribution in [0.15, 0.2) is 0 Å². The highest BCUT2D eigenvalue weighted by Gasteiger charge is 2.28. The van der Waals surface area contributed by atoms with Crippen molar-refractivity contribution in [3.8, 4) is 0 Å². The molecule has 1 heterocycles. The van der Waals surface area contributed by atoms with Crippen molar-refractivity contribution in [2.75, 3.05) is 25.4 Å². The van der Waals surface area contributed by atoms with Crippen LogP contribution in [-0.2, 0) is 14.3 Å². The molecule has 0 spiro atoms. The minimum atomic E-state index is -0.531. The molecule has 0 aromatic rings. The van der Waals surface area contributed by atoms with Crippen LogP contribution in [0, 0.1) is 11.8 Å². The van der Waals surface area contributed by atoms with Gasteiger partial charge in [0.05, 0.1) is 0 Å². The minimum Gasteiger partial charge on any atom is -0.454 e. The summed E-state index contributed by atoms with van der Waals surface area (Å²) in [5.74, 6) is 0.940. The number of carbonyl (C=O) groups excluding carboxylic acids is 3. The van der Waals surface area contributed by atoms with E-state index in [1.165, 1.54) is 23.1 Å². The van der Waals surface area contributed by atoms with Gasteiger partial charge in [0.15, 0.2) is 6.61 Å². The second-order valence-electron chi connectivity index (χ2n) is 6.14. The van der Waals surface area contributed by atoms with Gasteiger partial charge in [-0.3, -0.25) is 14.4 Å². The highest BCUT2D eigenvalue weighted by Crippen LogP contribution is 2.29. The molecule has 1 aliphatic heterocycles. The summed E-state index contributed by atoms with van der Waals surface area (Å²) in [6.45, 7) is 4.56. The Bertz CT molecular complexity index is 443. The number of hydrogen-bond donors (Lipinski definition) is 1. The van der Waals surface area contributed by atoms with Crippen molar-refractivity contribution in [3.63, 3.8) is 0 Å². The maximum atomic E-state index is 11.9. The topological polar surface area (TPSA) is 75.7 Å². The van der Waals surface area contributed by atoms with Gasteiger partial charge in [-0.25, -0.2) is 0 Å². The molecule has 6 nitrogen and oxygen atoms in total. The van der Waals surface area contributed by atoms with Crippen molar-refractivity contribution in [2.45, 2.75) is 39.2 Å². The fourth-order valence-corrected chi connectivity index (χ4v) is 3.78. The second-order valence-corrected chi connectivity index (χ2v) is 7.18. The van der Waals surface area contributed by atoms with Crippen LogP contribution in [0.4, 0.5) is 4.79 Å². The van der Waals surface area contributed by atoms with Gasteiger partial charge in [-0.2, -0.15) is 0 Å². The molecule has 0 unspecified atom stereocenters. The van der Waals surface area contributed by atoms with Gasteiger partial charge in [0.2, 0.25) is 0 Å². The summed E-state index contributed by atoms with van der Waals surface area (Å²) in [5, 5.41) is 2.85. The minimum absolute atomic E-state index is 0.0734. The third-order valence-corrected chi connectivity index (χ3v) is 5.47. The highest BCUT2D eigenvalue weighted by atomic mass is 32.2. The van der Waals surface area contributed by atoms with Gasteiger partial charge in [0.1, 0.15) is 6.54 Å². The first-order valence-corrected chi connectivity index (χ1v) is 8.82. The largest absolute Gasteiger partial charge is 0.454 e. The van der Waals surface area contributed by atoms with Crippen LogP contribution >= 0.6 is 11.8 Å². The van der Waals surface area contributed by atoms with E-state index in [1.54, 1.807) is 0 Å². The Morgan fingerprint density at radius 3 is 2.82 bits per heavy atom. The van der Waals surface area contributed by atoms with Crippen LogP contribution < -0.4 is 5.32 Å². The Kier molecular flexibility index (Phi) is 6.11. The lowest BCUT2D eigenvalue weighted by Gasteiger charge is -2.34. The number of nitrogens with one attached hydrogen (secondary N) is 1. The van der Waals surface area contributed by atoms with E-state index in [1.807, 2.05) is 0 Å². The number of nitrogens with zero attached hydrogens (tertiary/aromatic N) is 1. The van der Waals surface area contributed by atoms with Gasteiger partial charge in [-0.1, -0.05) is 38.5 Å². The van der Waals surface area contributed by atoms with Crippen LogP contribution in [0.1, 0.15) is 33.1 Å². The fourth-order valence-electron chi connectivity index (χ4n) is 2.95. The van der Waals surface area contributed by atoms with E-state index in [2.05, 4.69) is 19.2 Å². The Morgan fingerprint density at radius 1 is 1.36 bits per heavy atom. The average Bonchev–Trinajstić information content (AvgIpc) is 2.87. The van der Waals surface area contributed by atoms with E-state index in [4.69, 9.17) is 4.74 Å². The van der Waals surface area contributed by atoms with Gasteiger partial charge in [-0.15, -0.1) is 0 Å². The molecule has 22 heavy (non-hydrogen) atoms. The van der Waals surface area contributed by atoms with E-state index in [0.717, 1.165) is 12.8 Å². The number of amides is 2. The van der Waals surface area contributed by atoms with E-state index >= 15 is 0 Å². The summed E-state index contributed by atoms with van der Waals surface area (Å²) >= 11 is 1.20. The first-order valence-electron chi connectivity index (χ1n) is 7.84. The molecule has 1 N–H and O–H groups in total. The van der Waals surface area contributed by atoms with Crippen LogP contribution in [-0.4, -0.2) is 53.5 Å². The SMILES string of the molecule is C[C@@H]1[C@@H](C)CCC[C@H]1NC(=O)COC(=O)CN1CCSC1=O. The van der Waals surface area contributed by atoms with Crippen molar-refractivity contribution in [1.29, 1.82) is 0 Å². The molecule has 0 radical (unpaired) electrons. The Labute approximate surface area is 135 Å². The van der Waals surface area contributed by atoms with Crippen LogP contribution in [0.25, 0.3) is 0 Å². The van der Waals surface area contributed by atoms with Crippen LogP contribution in [0.2, 0.25) is 0 Å². The summed E-state index contributed by atoms with van der Waals surface area (Å²) in [6.07, 6.45) is 3.29. The van der Waals surface area contributed by atoms with Gasteiger partial charge >= 0.3 is 5.97 Å². The average molecular weight is 328 g/mol. The molecule has 2 fully saturated rings. The van der Waals surface area contributed by atoms with Gasteiger partial charge in [0, 0.05) is 18.3 Å². The van der Waals surface area contributed by atoms with Crippen molar-refractivity contribution in [2.24, 2.45) is 11.8 Å². The lowest BCUT2D eigenvalue weighted by molar-refractivity contribution is -0.149. The summed E-state index contributed by atoms with van der Waals surface area (Å²) in [6, 6.07) is 0.159. The first kappa shape index (κ1) is 17.1. The molecule has 2 rings (SSSR count). The molecule has 1 saturated carbocycles. The summed E-state index contributed by atoms with van der Waals surface area (Å²) in [7, 11) is 0. The smallest absolute Gasteiger partial charge is 0.326 e. The Morgan fingerprint density at radius 2 is 2.14 bits per heavy atom. The fraction of sp³-hybridized carbons (Fsp3) is 0.800. The molecular weight excluding hydrogens is 304 g/mol. The molecule has 2 amide bonds. The Hall–Kier alpha value is -1.24. The van der Waals surface area contributed by atoms with E-state index < -0.39 is 5.97 Å². The predicted octanol–water partition coefficient (Wildman–Crippen LogP) is 1.64. The third kappa shape index (κ3) is 4.63. The van der Waals surface area contributed by atoms with E-state index in [-0.39, 0.29) is 30.3 Å². The molecule has 1 aliphatic carbocycles. The number of rotatable bonds is 5. The van der Waals surface area contributed by atoms with Crippen molar-refractivity contribution in [1.82, 2.24) is 10.2 Å². The number of carbonyl (C=O) groups is 3. The third-order valence-electron chi connectivity index (χ3n) is 4.58. The number of esters is 1. The Balaban J connectivity index is 1.68. The second kappa shape index (κ2) is 7.85. The normalized spacial score (nSPS) is 28.5. The summed E-state index contributed by atoms with van der Waals surface area (Å²) in [5.41, 5.74) is 0.